The van der Waals surface area contributed by atoms with Gasteiger partial charge in [0.2, 0.25) is 0 Å². The van der Waals surface area contributed by atoms with Crippen LogP contribution in [0.25, 0.3) is 0 Å². The van der Waals surface area contributed by atoms with Crippen molar-refractivity contribution >= 4 is 22.0 Å². The fraction of sp³-hybridized carbons (Fsp3) is 0.556. The Hall–Kier alpha value is -0.840. The molecule has 1 aromatic rings. The van der Waals surface area contributed by atoms with Gasteiger partial charge in [-0.2, -0.15) is 0 Å². The molecule has 0 bridgehead atoms. The first-order valence-corrected chi connectivity index (χ1v) is 5.04. The van der Waals surface area contributed by atoms with Gasteiger partial charge in [0, 0.05) is 6.20 Å². The Labute approximate surface area is 91.4 Å². The number of carbonyl (C=O) groups is 1. The van der Waals surface area contributed by atoms with Gasteiger partial charge in [-0.3, -0.25) is 0 Å². The number of imidazole rings is 1. The minimum Gasteiger partial charge on any atom is -0.443 e. The molecule has 0 aromatic carbocycles. The number of nitrogens with zero attached hydrogens (tertiary/aromatic N) is 2. The third-order valence-electron chi connectivity index (χ3n) is 1.44. The number of rotatable bonds is 0. The number of hydrogen-bond donors (Lipinski definition) is 0. The summed E-state index contributed by atoms with van der Waals surface area (Å²) in [6.07, 6.45) is 1.18. The molecule has 0 amide bonds. The zero-order valence-electron chi connectivity index (χ0n) is 8.67. The van der Waals surface area contributed by atoms with E-state index in [1.54, 1.807) is 13.1 Å². The van der Waals surface area contributed by atoms with Gasteiger partial charge in [-0.1, -0.05) is 0 Å². The van der Waals surface area contributed by atoms with Gasteiger partial charge in [0.15, 0.2) is 0 Å². The number of ether oxygens (including phenoxy) is 1. The summed E-state index contributed by atoms with van der Waals surface area (Å²) >= 11 is 3.19. The maximum Gasteiger partial charge on any atom is 0.420 e. The summed E-state index contributed by atoms with van der Waals surface area (Å²) in [5.41, 5.74) is -0.486. The van der Waals surface area contributed by atoms with Crippen molar-refractivity contribution < 1.29 is 9.53 Å². The van der Waals surface area contributed by atoms with Crippen LogP contribution in [0.3, 0.4) is 0 Å². The first-order valence-electron chi connectivity index (χ1n) is 4.24. The average Bonchev–Trinajstić information content (AvgIpc) is 2.26. The molecule has 0 saturated heterocycles. The van der Waals surface area contributed by atoms with Crippen LogP contribution in [0.5, 0.6) is 0 Å². The molecule has 78 valence electrons. The number of hydrogen-bond acceptors (Lipinski definition) is 3. The van der Waals surface area contributed by atoms with E-state index in [4.69, 9.17) is 4.74 Å². The maximum atomic E-state index is 11.6. The highest BCUT2D eigenvalue weighted by atomic mass is 79.9. The van der Waals surface area contributed by atoms with Crippen molar-refractivity contribution in [2.24, 2.45) is 0 Å². The van der Waals surface area contributed by atoms with Gasteiger partial charge in [0.05, 0.1) is 0 Å². The minimum atomic E-state index is -0.486. The van der Waals surface area contributed by atoms with E-state index in [-0.39, 0.29) is 0 Å². The molecule has 0 aliphatic carbocycles. The Morgan fingerprint density at radius 2 is 2.14 bits per heavy atom. The summed E-state index contributed by atoms with van der Waals surface area (Å²) in [5.74, 6) is 0.603. The van der Waals surface area contributed by atoms with Crippen LogP contribution in [0.15, 0.2) is 10.8 Å². The zero-order valence-corrected chi connectivity index (χ0v) is 10.3. The zero-order chi connectivity index (χ0) is 10.9. The van der Waals surface area contributed by atoms with Crippen molar-refractivity contribution in [1.29, 1.82) is 0 Å². The van der Waals surface area contributed by atoms with E-state index in [0.29, 0.717) is 10.4 Å². The highest BCUT2D eigenvalue weighted by Gasteiger charge is 2.19. The Bertz CT molecular complexity index is 352. The predicted molar refractivity (Wildman–Crippen MR) is 56.3 cm³/mol. The molecule has 1 heterocycles. The SMILES string of the molecule is Cc1nc(Br)cn1C(=O)OC(C)(C)C. The Morgan fingerprint density at radius 1 is 1.57 bits per heavy atom. The van der Waals surface area contributed by atoms with Crippen molar-refractivity contribution in [2.45, 2.75) is 33.3 Å². The van der Waals surface area contributed by atoms with E-state index in [9.17, 15) is 4.79 Å². The van der Waals surface area contributed by atoms with Crippen molar-refractivity contribution in [2.75, 3.05) is 0 Å². The molecule has 0 saturated carbocycles. The monoisotopic (exact) mass is 260 g/mol. The highest BCUT2D eigenvalue weighted by molar-refractivity contribution is 9.10. The second-order valence-electron chi connectivity index (χ2n) is 3.96. The minimum absolute atomic E-state index is 0.409. The molecule has 1 rings (SSSR count). The number of halogens is 1. The van der Waals surface area contributed by atoms with Crippen LogP contribution in [0.2, 0.25) is 0 Å². The first kappa shape index (κ1) is 11.2. The molecule has 0 atom stereocenters. The molecule has 4 nitrogen and oxygen atoms in total. The molecule has 0 fully saturated rings. The lowest BCUT2D eigenvalue weighted by atomic mass is 10.2. The molecular weight excluding hydrogens is 248 g/mol. The first-order chi connectivity index (χ1) is 6.29. The smallest absolute Gasteiger partial charge is 0.420 e. The lowest BCUT2D eigenvalue weighted by Gasteiger charge is -2.19. The number of carbonyl (C=O) groups excluding carboxylic acids is 1. The summed E-state index contributed by atoms with van der Waals surface area (Å²) in [6.45, 7) is 7.22. The molecule has 0 unspecified atom stereocenters. The van der Waals surface area contributed by atoms with Crippen LogP contribution in [0.4, 0.5) is 4.79 Å². The van der Waals surface area contributed by atoms with Crippen molar-refractivity contribution in [1.82, 2.24) is 9.55 Å². The van der Waals surface area contributed by atoms with Gasteiger partial charge in [0.1, 0.15) is 16.0 Å². The summed E-state index contributed by atoms with van der Waals surface area (Å²) in [4.78, 5) is 15.6. The topological polar surface area (TPSA) is 44.1 Å². The molecule has 0 aliphatic heterocycles. The molecule has 0 radical (unpaired) electrons. The van der Waals surface area contributed by atoms with E-state index < -0.39 is 11.7 Å². The number of aromatic nitrogens is 2. The largest absolute Gasteiger partial charge is 0.443 e. The summed E-state index contributed by atoms with van der Waals surface area (Å²) in [6, 6.07) is 0. The molecule has 14 heavy (non-hydrogen) atoms. The van der Waals surface area contributed by atoms with E-state index in [2.05, 4.69) is 20.9 Å². The Balaban J connectivity index is 2.85. The molecule has 0 spiro atoms. The van der Waals surface area contributed by atoms with Gasteiger partial charge in [0.25, 0.3) is 0 Å². The summed E-state index contributed by atoms with van der Waals surface area (Å²) in [5, 5.41) is 0. The van der Waals surface area contributed by atoms with Crippen LogP contribution in [0.1, 0.15) is 26.6 Å². The van der Waals surface area contributed by atoms with Crippen molar-refractivity contribution in [3.8, 4) is 0 Å². The lowest BCUT2D eigenvalue weighted by molar-refractivity contribution is 0.0533. The van der Waals surface area contributed by atoms with Gasteiger partial charge in [-0.05, 0) is 43.6 Å². The van der Waals surface area contributed by atoms with Gasteiger partial charge in [-0.25, -0.2) is 14.3 Å². The molecule has 5 heteroatoms. The fourth-order valence-electron chi connectivity index (χ4n) is 0.933. The highest BCUT2D eigenvalue weighted by Crippen LogP contribution is 2.13. The van der Waals surface area contributed by atoms with Gasteiger partial charge in [-0.15, -0.1) is 0 Å². The predicted octanol–water partition coefficient (Wildman–Crippen LogP) is 2.74. The summed E-state index contributed by atoms with van der Waals surface area (Å²) in [7, 11) is 0. The molecule has 0 N–H and O–H groups in total. The van der Waals surface area contributed by atoms with Gasteiger partial charge < -0.3 is 4.74 Å². The van der Waals surface area contributed by atoms with E-state index in [1.807, 2.05) is 20.8 Å². The fourth-order valence-corrected chi connectivity index (χ4v) is 1.39. The molecule has 1 aromatic heterocycles. The molecular formula is C9H13BrN2O2. The maximum absolute atomic E-state index is 11.6. The van der Waals surface area contributed by atoms with Crippen LogP contribution < -0.4 is 0 Å². The van der Waals surface area contributed by atoms with Crippen LogP contribution in [-0.2, 0) is 4.74 Å². The third-order valence-corrected chi connectivity index (χ3v) is 1.83. The summed E-state index contributed by atoms with van der Waals surface area (Å²) < 4.78 is 7.18. The quantitative estimate of drug-likeness (QED) is 0.721. The Morgan fingerprint density at radius 3 is 2.50 bits per heavy atom. The normalized spacial score (nSPS) is 11.5. The molecule has 0 aliphatic rings. The average molecular weight is 261 g/mol. The van der Waals surface area contributed by atoms with E-state index in [0.717, 1.165) is 0 Å². The van der Waals surface area contributed by atoms with E-state index >= 15 is 0 Å². The second kappa shape index (κ2) is 3.73. The van der Waals surface area contributed by atoms with Crippen molar-refractivity contribution in [3.05, 3.63) is 16.6 Å². The van der Waals surface area contributed by atoms with Crippen LogP contribution in [-0.4, -0.2) is 21.2 Å². The standard InChI is InChI=1S/C9H13BrN2O2/c1-6-11-7(10)5-12(6)8(13)14-9(2,3)4/h5H,1-4H3. The third kappa shape index (κ3) is 2.83. The Kier molecular flexibility index (Phi) is 2.99. The van der Waals surface area contributed by atoms with E-state index in [1.165, 1.54) is 4.57 Å². The van der Waals surface area contributed by atoms with Crippen LogP contribution >= 0.6 is 15.9 Å². The second-order valence-corrected chi connectivity index (χ2v) is 4.77. The van der Waals surface area contributed by atoms with Crippen molar-refractivity contribution in [3.63, 3.8) is 0 Å². The lowest BCUT2D eigenvalue weighted by Crippen LogP contribution is -2.27. The van der Waals surface area contributed by atoms with Crippen LogP contribution in [0, 0.1) is 6.92 Å². The van der Waals surface area contributed by atoms with Gasteiger partial charge >= 0.3 is 6.09 Å². The number of aryl methyl sites for hydroxylation is 1.